The highest BCUT2D eigenvalue weighted by molar-refractivity contribution is 8.13. The zero-order chi connectivity index (χ0) is 17.5. The lowest BCUT2D eigenvalue weighted by atomic mass is 9.97. The van der Waals surface area contributed by atoms with Gasteiger partial charge in [0.15, 0.2) is 0 Å². The number of rotatable bonds is 3. The minimum absolute atomic E-state index is 0.0641. The molecule has 7 heteroatoms. The molecular formula is C17H16ClF2NO2S. The number of hydrogen-bond acceptors (Lipinski definition) is 3. The predicted octanol–water partition coefficient (Wildman–Crippen LogP) is 4.01. The van der Waals surface area contributed by atoms with Gasteiger partial charge in [0.25, 0.3) is 9.05 Å². The monoisotopic (exact) mass is 371 g/mol. The molecule has 0 N–H and O–H groups in total. The van der Waals surface area contributed by atoms with Crippen molar-refractivity contribution >= 4 is 19.7 Å². The zero-order valence-electron chi connectivity index (χ0n) is 13.0. The van der Waals surface area contributed by atoms with Crippen molar-refractivity contribution in [3.05, 3.63) is 64.7 Å². The molecule has 0 amide bonds. The summed E-state index contributed by atoms with van der Waals surface area (Å²) in [5, 5.41) is 0. The van der Waals surface area contributed by atoms with E-state index in [9.17, 15) is 17.2 Å². The maximum atomic E-state index is 13.4. The highest BCUT2D eigenvalue weighted by Crippen LogP contribution is 2.30. The maximum Gasteiger partial charge on any atom is 0.261 e. The number of benzene rings is 2. The fourth-order valence-corrected chi connectivity index (χ4v) is 3.87. The van der Waals surface area contributed by atoms with Gasteiger partial charge in [0.2, 0.25) is 0 Å². The quantitative estimate of drug-likeness (QED) is 0.765. The van der Waals surface area contributed by atoms with Gasteiger partial charge in [-0.1, -0.05) is 6.07 Å². The Hall–Kier alpha value is -1.50. The molecule has 128 valence electrons. The Balaban J connectivity index is 1.88. The summed E-state index contributed by atoms with van der Waals surface area (Å²) in [5.41, 5.74) is 2.48. The Morgan fingerprint density at radius 2 is 1.75 bits per heavy atom. The smallest absolute Gasteiger partial charge is 0.261 e. The Morgan fingerprint density at radius 3 is 2.38 bits per heavy atom. The molecule has 0 aromatic heterocycles. The molecule has 0 saturated carbocycles. The van der Waals surface area contributed by atoms with Gasteiger partial charge in [-0.15, -0.1) is 0 Å². The van der Waals surface area contributed by atoms with E-state index >= 15 is 0 Å². The van der Waals surface area contributed by atoms with Crippen LogP contribution >= 0.6 is 10.7 Å². The number of nitrogens with zero attached hydrogens (tertiary/aromatic N) is 1. The largest absolute Gasteiger partial charge is 0.292 e. The van der Waals surface area contributed by atoms with E-state index in [0.717, 1.165) is 30.2 Å². The number of fused-ring (bicyclic) bond motifs is 1. The molecule has 2 aromatic carbocycles. The van der Waals surface area contributed by atoms with Crippen LogP contribution in [0, 0.1) is 11.6 Å². The summed E-state index contributed by atoms with van der Waals surface area (Å²) < 4.78 is 49.9. The summed E-state index contributed by atoms with van der Waals surface area (Å²) in [6.07, 6.45) is 0.736. The SMILES string of the molecule is CC(c1cc(F)cc(F)c1)N1CCc2ccc(S(=O)(=O)Cl)cc2C1. The Bertz CT molecular complexity index is 866. The Morgan fingerprint density at radius 1 is 1.08 bits per heavy atom. The summed E-state index contributed by atoms with van der Waals surface area (Å²) in [7, 11) is 1.62. The van der Waals surface area contributed by atoms with Crippen LogP contribution < -0.4 is 0 Å². The molecule has 0 spiro atoms. The summed E-state index contributed by atoms with van der Waals surface area (Å²) >= 11 is 0. The molecule has 1 aliphatic rings. The summed E-state index contributed by atoms with van der Waals surface area (Å²) in [6.45, 7) is 3.09. The van der Waals surface area contributed by atoms with E-state index in [1.165, 1.54) is 18.2 Å². The molecule has 1 heterocycles. The van der Waals surface area contributed by atoms with E-state index in [2.05, 4.69) is 4.90 Å². The van der Waals surface area contributed by atoms with Gasteiger partial charge < -0.3 is 0 Å². The third kappa shape index (κ3) is 3.61. The van der Waals surface area contributed by atoms with Gasteiger partial charge in [-0.25, -0.2) is 17.2 Å². The molecular weight excluding hydrogens is 356 g/mol. The van der Waals surface area contributed by atoms with Crippen molar-refractivity contribution in [1.82, 2.24) is 4.90 Å². The van der Waals surface area contributed by atoms with E-state index in [1.807, 2.05) is 6.92 Å². The van der Waals surface area contributed by atoms with Gasteiger partial charge >= 0.3 is 0 Å². The molecule has 1 atom stereocenters. The van der Waals surface area contributed by atoms with E-state index in [-0.39, 0.29) is 10.9 Å². The van der Waals surface area contributed by atoms with Gasteiger partial charge in [-0.05, 0) is 54.3 Å². The van der Waals surface area contributed by atoms with Crippen molar-refractivity contribution in [2.75, 3.05) is 6.54 Å². The number of halogens is 3. The third-order valence-electron chi connectivity index (χ3n) is 4.42. The lowest BCUT2D eigenvalue weighted by Crippen LogP contribution is -2.33. The average molecular weight is 372 g/mol. The molecule has 1 unspecified atom stereocenters. The second kappa shape index (κ2) is 6.43. The predicted molar refractivity (Wildman–Crippen MR) is 88.4 cm³/mol. The highest BCUT2D eigenvalue weighted by Gasteiger charge is 2.24. The van der Waals surface area contributed by atoms with Crippen LogP contribution in [0.3, 0.4) is 0 Å². The summed E-state index contributed by atoms with van der Waals surface area (Å²) in [6, 6.07) is 8.14. The second-order valence-electron chi connectivity index (χ2n) is 5.97. The zero-order valence-corrected chi connectivity index (χ0v) is 14.5. The van der Waals surface area contributed by atoms with E-state index in [0.29, 0.717) is 12.1 Å². The van der Waals surface area contributed by atoms with Crippen molar-refractivity contribution in [2.24, 2.45) is 0 Å². The van der Waals surface area contributed by atoms with E-state index in [4.69, 9.17) is 10.7 Å². The van der Waals surface area contributed by atoms with Crippen LogP contribution in [0.15, 0.2) is 41.3 Å². The topological polar surface area (TPSA) is 37.4 Å². The third-order valence-corrected chi connectivity index (χ3v) is 5.77. The van der Waals surface area contributed by atoms with Crippen molar-refractivity contribution in [3.63, 3.8) is 0 Å². The van der Waals surface area contributed by atoms with Crippen molar-refractivity contribution in [1.29, 1.82) is 0 Å². The molecule has 3 nitrogen and oxygen atoms in total. The lowest BCUT2D eigenvalue weighted by molar-refractivity contribution is 0.191. The standard InChI is InChI=1S/C17H16ClF2NO2S/c1-11(13-6-15(19)9-16(20)7-13)21-5-4-12-2-3-17(24(18,22)23)8-14(12)10-21/h2-3,6-9,11H,4-5,10H2,1H3. The van der Waals surface area contributed by atoms with Crippen molar-refractivity contribution in [3.8, 4) is 0 Å². The van der Waals surface area contributed by atoms with Crippen LogP contribution in [0.4, 0.5) is 8.78 Å². The van der Waals surface area contributed by atoms with Crippen LogP contribution in [-0.4, -0.2) is 19.9 Å². The molecule has 2 aromatic rings. The molecule has 0 fully saturated rings. The first-order valence-electron chi connectivity index (χ1n) is 7.50. The van der Waals surface area contributed by atoms with Crippen molar-refractivity contribution in [2.45, 2.75) is 30.8 Å². The molecule has 24 heavy (non-hydrogen) atoms. The van der Waals surface area contributed by atoms with Crippen LogP contribution in [0.2, 0.25) is 0 Å². The van der Waals surface area contributed by atoms with Gasteiger partial charge in [0.05, 0.1) is 4.90 Å². The first-order valence-corrected chi connectivity index (χ1v) is 9.81. The molecule has 3 rings (SSSR count). The normalized spacial score (nSPS) is 16.7. The minimum atomic E-state index is -3.78. The Labute approximate surface area is 144 Å². The van der Waals surface area contributed by atoms with Crippen LogP contribution in [-0.2, 0) is 22.0 Å². The summed E-state index contributed by atoms with van der Waals surface area (Å²) in [4.78, 5) is 2.12. The fraction of sp³-hybridized carbons (Fsp3) is 0.294. The Kier molecular flexibility index (Phi) is 4.64. The summed E-state index contributed by atoms with van der Waals surface area (Å²) in [5.74, 6) is -1.21. The molecule has 0 saturated heterocycles. The van der Waals surface area contributed by atoms with Crippen LogP contribution in [0.25, 0.3) is 0 Å². The molecule has 0 radical (unpaired) electrons. The maximum absolute atomic E-state index is 13.4. The van der Waals surface area contributed by atoms with Crippen molar-refractivity contribution < 1.29 is 17.2 Å². The second-order valence-corrected chi connectivity index (χ2v) is 8.53. The molecule has 0 bridgehead atoms. The van der Waals surface area contributed by atoms with Gasteiger partial charge in [0, 0.05) is 35.9 Å². The number of hydrogen-bond donors (Lipinski definition) is 0. The highest BCUT2D eigenvalue weighted by atomic mass is 35.7. The van der Waals surface area contributed by atoms with E-state index in [1.54, 1.807) is 12.1 Å². The van der Waals surface area contributed by atoms with Crippen LogP contribution in [0.1, 0.15) is 29.7 Å². The first-order chi connectivity index (χ1) is 11.2. The average Bonchev–Trinajstić information content (AvgIpc) is 2.51. The molecule has 0 aliphatic carbocycles. The van der Waals surface area contributed by atoms with Gasteiger partial charge in [0.1, 0.15) is 11.6 Å². The lowest BCUT2D eigenvalue weighted by Gasteiger charge is -2.34. The molecule has 1 aliphatic heterocycles. The van der Waals surface area contributed by atoms with Crippen LogP contribution in [0.5, 0.6) is 0 Å². The first kappa shape index (κ1) is 17.3. The van der Waals surface area contributed by atoms with Gasteiger partial charge in [-0.2, -0.15) is 0 Å². The van der Waals surface area contributed by atoms with Gasteiger partial charge in [-0.3, -0.25) is 4.90 Å². The minimum Gasteiger partial charge on any atom is -0.292 e. The van der Waals surface area contributed by atoms with E-state index < -0.39 is 20.7 Å². The fourth-order valence-electron chi connectivity index (χ4n) is 3.06.